The lowest BCUT2D eigenvalue weighted by molar-refractivity contribution is -0.384. The molecule has 8 heteroatoms. The Balaban J connectivity index is 2.12. The maximum Gasteiger partial charge on any atom is 0.288 e. The fourth-order valence-electron chi connectivity index (χ4n) is 1.60. The van der Waals surface area contributed by atoms with Crippen LogP contribution in [-0.2, 0) is 4.79 Å². The highest BCUT2D eigenvalue weighted by atomic mass is 35.5. The molecular weight excluding hydrogens is 329 g/mol. The number of nitro benzene ring substituents is 1. The molecule has 0 atom stereocenters. The highest BCUT2D eigenvalue weighted by Gasteiger charge is 2.11. The monoisotopic (exact) mass is 337 g/mol. The first-order valence-electron chi connectivity index (χ1n) is 6.01. The molecule has 1 heterocycles. The number of nitrogens with one attached hydrogen (secondary N) is 1. The van der Waals surface area contributed by atoms with E-state index in [1.54, 1.807) is 18.2 Å². The zero-order valence-corrected chi connectivity index (χ0v) is 12.5. The summed E-state index contributed by atoms with van der Waals surface area (Å²) < 4.78 is 0. The third-order valence-corrected chi connectivity index (χ3v) is 3.23. The molecule has 1 N–H and O–H groups in total. The number of rotatable bonds is 4. The molecule has 1 aromatic carbocycles. The zero-order valence-electron chi connectivity index (χ0n) is 11.0. The molecule has 112 valence electrons. The number of hydrogen-bond donors (Lipinski definition) is 1. The lowest BCUT2D eigenvalue weighted by Gasteiger charge is -2.03. The number of amides is 1. The third kappa shape index (κ3) is 4.03. The first kappa shape index (κ1) is 15.9. The molecule has 0 aliphatic heterocycles. The highest BCUT2D eigenvalue weighted by Crippen LogP contribution is 2.25. The topological polar surface area (TPSA) is 85.1 Å². The predicted molar refractivity (Wildman–Crippen MR) is 85.0 cm³/mol. The van der Waals surface area contributed by atoms with Gasteiger partial charge >= 0.3 is 0 Å². The standard InChI is InChI=1S/C14H9Cl2N3O3/c15-10-5-3-9(8-12(10)19(21)22)4-6-13(20)18-11-2-1-7-17-14(11)16/h1-8H,(H,18,20)/b6-4+. The van der Waals surface area contributed by atoms with Crippen LogP contribution < -0.4 is 5.32 Å². The summed E-state index contributed by atoms with van der Waals surface area (Å²) in [6.45, 7) is 0. The number of benzene rings is 1. The van der Waals surface area contributed by atoms with E-state index in [4.69, 9.17) is 23.2 Å². The maximum absolute atomic E-state index is 11.8. The number of pyridine rings is 1. The van der Waals surface area contributed by atoms with Gasteiger partial charge in [-0.25, -0.2) is 4.98 Å². The number of anilines is 1. The van der Waals surface area contributed by atoms with Crippen molar-refractivity contribution in [2.75, 3.05) is 5.32 Å². The van der Waals surface area contributed by atoms with E-state index in [1.807, 2.05) is 0 Å². The van der Waals surface area contributed by atoms with E-state index in [-0.39, 0.29) is 15.9 Å². The summed E-state index contributed by atoms with van der Waals surface area (Å²) >= 11 is 11.5. The van der Waals surface area contributed by atoms with Gasteiger partial charge in [0.05, 0.1) is 10.6 Å². The minimum absolute atomic E-state index is 0.0359. The van der Waals surface area contributed by atoms with Gasteiger partial charge in [-0.3, -0.25) is 14.9 Å². The van der Waals surface area contributed by atoms with E-state index in [1.165, 1.54) is 30.5 Å². The predicted octanol–water partition coefficient (Wildman–Crippen LogP) is 3.95. The van der Waals surface area contributed by atoms with Crippen molar-refractivity contribution in [2.45, 2.75) is 0 Å². The number of nitro groups is 1. The van der Waals surface area contributed by atoms with Crippen LogP contribution in [0.25, 0.3) is 6.08 Å². The lowest BCUT2D eigenvalue weighted by atomic mass is 10.2. The molecule has 0 fully saturated rings. The van der Waals surface area contributed by atoms with Gasteiger partial charge in [-0.15, -0.1) is 0 Å². The van der Waals surface area contributed by atoms with Crippen LogP contribution in [0.4, 0.5) is 11.4 Å². The van der Waals surface area contributed by atoms with Crippen LogP contribution in [0.15, 0.2) is 42.6 Å². The van der Waals surface area contributed by atoms with Gasteiger partial charge in [0.1, 0.15) is 5.02 Å². The molecule has 0 bridgehead atoms. The van der Waals surface area contributed by atoms with Crippen LogP contribution in [0.5, 0.6) is 0 Å². The molecule has 0 unspecified atom stereocenters. The molecule has 0 aliphatic carbocycles. The van der Waals surface area contributed by atoms with Crippen molar-refractivity contribution in [2.24, 2.45) is 0 Å². The van der Waals surface area contributed by atoms with Crippen LogP contribution in [0.3, 0.4) is 0 Å². The van der Waals surface area contributed by atoms with Crippen molar-refractivity contribution < 1.29 is 9.72 Å². The molecule has 2 aromatic rings. The Hall–Kier alpha value is -2.44. The summed E-state index contributed by atoms with van der Waals surface area (Å²) in [5.74, 6) is -0.437. The van der Waals surface area contributed by atoms with Gasteiger partial charge in [-0.05, 0) is 29.8 Å². The second kappa shape index (κ2) is 7.02. The molecule has 6 nitrogen and oxygen atoms in total. The number of carbonyl (C=O) groups excluding carboxylic acids is 1. The number of nitrogens with zero attached hydrogens (tertiary/aromatic N) is 2. The van der Waals surface area contributed by atoms with Crippen molar-refractivity contribution in [3.63, 3.8) is 0 Å². The minimum Gasteiger partial charge on any atom is -0.320 e. The highest BCUT2D eigenvalue weighted by molar-refractivity contribution is 6.33. The molecule has 2 rings (SSSR count). The Bertz CT molecular complexity index is 763. The van der Waals surface area contributed by atoms with Gasteiger partial charge in [0.25, 0.3) is 5.69 Å². The van der Waals surface area contributed by atoms with Gasteiger partial charge in [0, 0.05) is 18.3 Å². The normalized spacial score (nSPS) is 10.6. The lowest BCUT2D eigenvalue weighted by Crippen LogP contribution is -2.08. The molecule has 0 radical (unpaired) electrons. The zero-order chi connectivity index (χ0) is 16.1. The molecule has 1 amide bonds. The van der Waals surface area contributed by atoms with Gasteiger partial charge in [0.2, 0.25) is 5.91 Å². The van der Waals surface area contributed by atoms with Crippen molar-refractivity contribution in [1.29, 1.82) is 0 Å². The quantitative estimate of drug-likeness (QED) is 0.396. The van der Waals surface area contributed by atoms with Gasteiger partial charge < -0.3 is 5.32 Å². The number of aromatic nitrogens is 1. The van der Waals surface area contributed by atoms with Crippen molar-refractivity contribution in [3.8, 4) is 0 Å². The molecule has 0 aliphatic rings. The molecule has 22 heavy (non-hydrogen) atoms. The third-order valence-electron chi connectivity index (χ3n) is 2.61. The molecule has 0 saturated carbocycles. The van der Waals surface area contributed by atoms with Crippen molar-refractivity contribution >= 4 is 46.6 Å². The van der Waals surface area contributed by atoms with E-state index < -0.39 is 10.8 Å². The second-order valence-corrected chi connectivity index (χ2v) is 4.90. The summed E-state index contributed by atoms with van der Waals surface area (Å²) in [6, 6.07) is 7.48. The average Bonchev–Trinajstić information content (AvgIpc) is 2.48. The molecule has 1 aromatic heterocycles. The summed E-state index contributed by atoms with van der Waals surface area (Å²) in [7, 11) is 0. The SMILES string of the molecule is O=C(/C=C/c1ccc(Cl)c([N+](=O)[O-])c1)Nc1cccnc1Cl. The van der Waals surface area contributed by atoms with Crippen LogP contribution in [0.1, 0.15) is 5.56 Å². The van der Waals surface area contributed by atoms with Crippen LogP contribution in [0.2, 0.25) is 10.2 Å². The first-order valence-corrected chi connectivity index (χ1v) is 6.76. The Morgan fingerprint density at radius 3 is 2.77 bits per heavy atom. The minimum atomic E-state index is -0.588. The Morgan fingerprint density at radius 1 is 1.32 bits per heavy atom. The Kier molecular flexibility index (Phi) is 5.08. The second-order valence-electron chi connectivity index (χ2n) is 4.13. The molecular formula is C14H9Cl2N3O3. The van der Waals surface area contributed by atoms with Crippen LogP contribution >= 0.6 is 23.2 Å². The van der Waals surface area contributed by atoms with Gasteiger partial charge in [0.15, 0.2) is 5.15 Å². The average molecular weight is 338 g/mol. The first-order chi connectivity index (χ1) is 10.5. The van der Waals surface area contributed by atoms with E-state index in [0.29, 0.717) is 11.3 Å². The fourth-order valence-corrected chi connectivity index (χ4v) is 1.95. The van der Waals surface area contributed by atoms with Gasteiger partial charge in [-0.1, -0.05) is 29.3 Å². The summed E-state index contributed by atoms with van der Waals surface area (Å²) in [5, 5.41) is 13.5. The Morgan fingerprint density at radius 2 is 2.09 bits per heavy atom. The van der Waals surface area contributed by atoms with Gasteiger partial charge in [-0.2, -0.15) is 0 Å². The maximum atomic E-state index is 11.8. The van der Waals surface area contributed by atoms with E-state index in [2.05, 4.69) is 10.3 Å². The fraction of sp³-hybridized carbons (Fsp3) is 0. The van der Waals surface area contributed by atoms with Crippen molar-refractivity contribution in [3.05, 3.63) is 68.5 Å². The van der Waals surface area contributed by atoms with Crippen molar-refractivity contribution in [1.82, 2.24) is 4.98 Å². The Labute approximate surface area is 135 Å². The molecule has 0 saturated heterocycles. The molecule has 0 spiro atoms. The van der Waals surface area contributed by atoms with Crippen LogP contribution in [-0.4, -0.2) is 15.8 Å². The van der Waals surface area contributed by atoms with E-state index in [9.17, 15) is 14.9 Å². The summed E-state index contributed by atoms with van der Waals surface area (Å²) in [5.41, 5.74) is 0.629. The number of carbonyl (C=O) groups is 1. The largest absolute Gasteiger partial charge is 0.320 e. The number of halogens is 2. The number of hydrogen-bond acceptors (Lipinski definition) is 4. The van der Waals surface area contributed by atoms with E-state index >= 15 is 0 Å². The van der Waals surface area contributed by atoms with E-state index in [0.717, 1.165) is 0 Å². The summed E-state index contributed by atoms with van der Waals surface area (Å²) in [6.07, 6.45) is 4.17. The smallest absolute Gasteiger partial charge is 0.288 e. The summed E-state index contributed by atoms with van der Waals surface area (Å²) in [4.78, 5) is 25.8. The van der Waals surface area contributed by atoms with Crippen LogP contribution in [0, 0.1) is 10.1 Å².